The Balaban J connectivity index is 1.69. The number of methoxy groups -OCH3 is 1. The van der Waals surface area contributed by atoms with Crippen LogP contribution in [0.25, 0.3) is 6.08 Å². The molecule has 1 N–H and O–H groups in total. The van der Waals surface area contributed by atoms with Crippen LogP contribution in [-0.2, 0) is 11.8 Å². The molecule has 0 saturated carbocycles. The number of hydrogen-bond donors (Lipinski definition) is 1. The number of aromatic nitrogens is 1. The molecule has 2 heterocycles. The Morgan fingerprint density at radius 3 is 2.58 bits per heavy atom. The van der Waals surface area contributed by atoms with E-state index in [1.807, 2.05) is 12.1 Å². The van der Waals surface area contributed by atoms with E-state index >= 15 is 0 Å². The van der Waals surface area contributed by atoms with Crippen molar-refractivity contribution in [3.63, 3.8) is 0 Å². The molecule has 1 fully saturated rings. The minimum absolute atomic E-state index is 0.00601. The molecule has 0 radical (unpaired) electrons. The highest BCUT2D eigenvalue weighted by atomic mass is 32.2. The van der Waals surface area contributed by atoms with Crippen molar-refractivity contribution in [2.45, 2.75) is 19.8 Å². The second-order valence-electron chi connectivity index (χ2n) is 7.31. The molecular formula is C23H21N3O5S2. The van der Waals surface area contributed by atoms with Crippen molar-refractivity contribution >= 4 is 46.1 Å². The number of Topliss-reactive ketones (excluding diaryl/α,β-unsaturated/α-hetero) is 1. The smallest absolute Gasteiger partial charge is 0.271 e. The summed E-state index contributed by atoms with van der Waals surface area (Å²) in [6, 6.07) is 9.05. The number of thiocarbonyl (C=S) groups is 1. The second-order valence-corrected chi connectivity index (χ2v) is 8.98. The van der Waals surface area contributed by atoms with Crippen LogP contribution in [0.15, 0.2) is 34.0 Å². The lowest BCUT2D eigenvalue weighted by atomic mass is 9.99. The van der Waals surface area contributed by atoms with Crippen molar-refractivity contribution < 1.29 is 19.4 Å². The summed E-state index contributed by atoms with van der Waals surface area (Å²) in [5.74, 6) is -0.418. The molecule has 0 atom stereocenters. The standard InChI is InChI=1S/C23H21N3O5S2/c1-13-16(12-24)20(28)25(2)22(30)19(13)17(27)5-4-10-26-21(29)18(33-23(26)32)11-14-6-8-15(31-3)9-7-14/h6-9,11,30H,4-5,10H2,1-3H3/b18-11-. The zero-order chi connectivity index (χ0) is 24.3. The van der Waals surface area contributed by atoms with E-state index in [1.54, 1.807) is 31.4 Å². The summed E-state index contributed by atoms with van der Waals surface area (Å²) in [5, 5.41) is 19.5. The molecule has 8 nitrogen and oxygen atoms in total. The molecule has 33 heavy (non-hydrogen) atoms. The third-order valence-electron chi connectivity index (χ3n) is 5.27. The molecule has 1 aliphatic rings. The predicted octanol–water partition coefficient (Wildman–Crippen LogP) is 3.14. The number of carbonyl (C=O) groups excluding carboxylic acids is 2. The lowest BCUT2D eigenvalue weighted by Gasteiger charge is -2.15. The molecule has 170 valence electrons. The average Bonchev–Trinajstić information content (AvgIpc) is 3.06. The number of benzene rings is 1. The summed E-state index contributed by atoms with van der Waals surface area (Å²) >= 11 is 6.53. The number of amides is 1. The monoisotopic (exact) mass is 483 g/mol. The van der Waals surface area contributed by atoms with Gasteiger partial charge < -0.3 is 9.84 Å². The molecule has 0 unspecified atom stereocenters. The van der Waals surface area contributed by atoms with Gasteiger partial charge in [0.05, 0.1) is 17.6 Å². The van der Waals surface area contributed by atoms with E-state index in [2.05, 4.69) is 0 Å². The molecule has 0 spiro atoms. The number of carbonyl (C=O) groups is 2. The first-order chi connectivity index (χ1) is 15.7. The van der Waals surface area contributed by atoms with Crippen LogP contribution in [-0.4, -0.2) is 44.2 Å². The van der Waals surface area contributed by atoms with Crippen molar-refractivity contribution in [2.75, 3.05) is 13.7 Å². The maximum Gasteiger partial charge on any atom is 0.271 e. The minimum Gasteiger partial charge on any atom is -0.497 e. The molecular weight excluding hydrogens is 462 g/mol. The molecule has 0 aliphatic carbocycles. The quantitative estimate of drug-likeness (QED) is 0.363. The Labute approximate surface area is 200 Å². The van der Waals surface area contributed by atoms with E-state index in [-0.39, 0.29) is 35.6 Å². The van der Waals surface area contributed by atoms with E-state index in [0.29, 0.717) is 21.4 Å². The first-order valence-corrected chi connectivity index (χ1v) is 11.2. The Hall–Kier alpha value is -3.42. The van der Waals surface area contributed by atoms with Crippen LogP contribution in [0.4, 0.5) is 0 Å². The fraction of sp³-hybridized carbons (Fsp3) is 0.261. The average molecular weight is 484 g/mol. The van der Waals surface area contributed by atoms with Gasteiger partial charge in [0.15, 0.2) is 5.78 Å². The SMILES string of the molecule is COc1ccc(/C=C2\SC(=S)N(CCCC(=O)c3c(C)c(C#N)c(=O)n(C)c3O)C2=O)cc1. The molecule has 0 bridgehead atoms. The van der Waals surface area contributed by atoms with Gasteiger partial charge in [0, 0.05) is 20.0 Å². The highest BCUT2D eigenvalue weighted by Crippen LogP contribution is 2.33. The molecule has 2 aromatic rings. The van der Waals surface area contributed by atoms with Gasteiger partial charge >= 0.3 is 0 Å². The zero-order valence-electron chi connectivity index (χ0n) is 18.2. The van der Waals surface area contributed by atoms with Gasteiger partial charge in [-0.25, -0.2) is 0 Å². The summed E-state index contributed by atoms with van der Waals surface area (Å²) in [6.07, 6.45) is 2.05. The van der Waals surface area contributed by atoms with Crippen LogP contribution < -0.4 is 10.3 Å². The van der Waals surface area contributed by atoms with Crippen LogP contribution in [0, 0.1) is 18.3 Å². The summed E-state index contributed by atoms with van der Waals surface area (Å²) in [4.78, 5) is 39.5. The van der Waals surface area contributed by atoms with Crippen molar-refractivity contribution in [2.24, 2.45) is 7.05 Å². The molecule has 1 aliphatic heterocycles. The summed E-state index contributed by atoms with van der Waals surface area (Å²) in [6.45, 7) is 1.69. The van der Waals surface area contributed by atoms with E-state index in [1.165, 1.54) is 30.6 Å². The largest absolute Gasteiger partial charge is 0.497 e. The minimum atomic E-state index is -0.662. The van der Waals surface area contributed by atoms with E-state index in [9.17, 15) is 24.8 Å². The van der Waals surface area contributed by atoms with Crippen LogP contribution in [0.5, 0.6) is 11.6 Å². The number of nitrogens with zero attached hydrogens (tertiary/aromatic N) is 3. The number of rotatable bonds is 7. The normalized spacial score (nSPS) is 14.6. The van der Waals surface area contributed by atoms with Gasteiger partial charge in [0.25, 0.3) is 11.5 Å². The van der Waals surface area contributed by atoms with E-state index in [0.717, 1.165) is 10.1 Å². The van der Waals surface area contributed by atoms with Gasteiger partial charge in [-0.3, -0.25) is 23.9 Å². The predicted molar refractivity (Wildman–Crippen MR) is 129 cm³/mol. The maximum absolute atomic E-state index is 12.8. The number of pyridine rings is 1. The number of nitriles is 1. The molecule has 1 aromatic heterocycles. The highest BCUT2D eigenvalue weighted by Gasteiger charge is 2.32. The Kier molecular flexibility index (Phi) is 7.36. The first-order valence-electron chi connectivity index (χ1n) is 9.94. The summed E-state index contributed by atoms with van der Waals surface area (Å²) in [7, 11) is 2.87. The zero-order valence-corrected chi connectivity index (χ0v) is 19.9. The Morgan fingerprint density at radius 2 is 1.97 bits per heavy atom. The van der Waals surface area contributed by atoms with Crippen LogP contribution >= 0.6 is 24.0 Å². The topological polar surface area (TPSA) is 113 Å². The van der Waals surface area contributed by atoms with Crippen LogP contribution in [0.1, 0.15) is 39.9 Å². The number of ketones is 1. The van der Waals surface area contributed by atoms with Gasteiger partial charge in [-0.05, 0) is 42.7 Å². The third-order valence-corrected chi connectivity index (χ3v) is 6.65. The van der Waals surface area contributed by atoms with Gasteiger partial charge in [-0.1, -0.05) is 36.1 Å². The van der Waals surface area contributed by atoms with Crippen molar-refractivity contribution in [3.05, 3.63) is 61.8 Å². The fourth-order valence-corrected chi connectivity index (χ4v) is 4.73. The Bertz CT molecular complexity index is 1270. The molecule has 1 amide bonds. The molecule has 10 heteroatoms. The Morgan fingerprint density at radius 1 is 1.30 bits per heavy atom. The lowest BCUT2D eigenvalue weighted by molar-refractivity contribution is -0.122. The molecule has 3 rings (SSSR count). The third kappa shape index (κ3) is 4.84. The molecule has 1 aromatic carbocycles. The van der Waals surface area contributed by atoms with Gasteiger partial charge in [0.2, 0.25) is 5.88 Å². The van der Waals surface area contributed by atoms with E-state index < -0.39 is 17.2 Å². The number of aromatic hydroxyl groups is 1. The summed E-state index contributed by atoms with van der Waals surface area (Å²) < 4.78 is 6.41. The van der Waals surface area contributed by atoms with Gasteiger partial charge in [-0.2, -0.15) is 5.26 Å². The number of thioether (sulfide) groups is 1. The van der Waals surface area contributed by atoms with Gasteiger partial charge in [0.1, 0.15) is 21.7 Å². The van der Waals surface area contributed by atoms with Crippen molar-refractivity contribution in [3.8, 4) is 17.7 Å². The second kappa shape index (κ2) is 10.0. The molecule has 1 saturated heterocycles. The number of ether oxygens (including phenoxy) is 1. The lowest BCUT2D eigenvalue weighted by Crippen LogP contribution is -2.29. The maximum atomic E-state index is 12.8. The number of hydrogen-bond acceptors (Lipinski definition) is 8. The first kappa shape index (κ1) is 24.2. The van der Waals surface area contributed by atoms with E-state index in [4.69, 9.17) is 17.0 Å². The fourth-order valence-electron chi connectivity index (χ4n) is 3.42. The van der Waals surface area contributed by atoms with Crippen LogP contribution in [0.3, 0.4) is 0 Å². The summed E-state index contributed by atoms with van der Waals surface area (Å²) in [5.41, 5.74) is 0.0829. The van der Waals surface area contributed by atoms with Gasteiger partial charge in [-0.15, -0.1) is 0 Å². The van der Waals surface area contributed by atoms with Crippen LogP contribution in [0.2, 0.25) is 0 Å². The van der Waals surface area contributed by atoms with Crippen molar-refractivity contribution in [1.82, 2.24) is 9.47 Å². The van der Waals surface area contributed by atoms with Crippen molar-refractivity contribution in [1.29, 1.82) is 5.26 Å². The highest BCUT2D eigenvalue weighted by molar-refractivity contribution is 8.26.